The highest BCUT2D eigenvalue weighted by Gasteiger charge is 2.13. The van der Waals surface area contributed by atoms with E-state index >= 15 is 0 Å². The highest BCUT2D eigenvalue weighted by Crippen LogP contribution is 2.24. The van der Waals surface area contributed by atoms with E-state index in [4.69, 9.17) is 33.4 Å². The normalized spacial score (nSPS) is 11.3. The summed E-state index contributed by atoms with van der Waals surface area (Å²) in [6.45, 7) is 3.06. The molecular weight excluding hydrogens is 381 g/mol. The van der Waals surface area contributed by atoms with Crippen molar-refractivity contribution in [2.24, 2.45) is 0 Å². The van der Waals surface area contributed by atoms with Crippen LogP contribution in [0.25, 0.3) is 11.3 Å². The highest BCUT2D eigenvalue weighted by atomic mass is 35.5. The zero-order chi connectivity index (χ0) is 19.2. The SMILES string of the molecule is CN(C)CCNCc1nn(Cc2ccc(Cl)c(Cl)c2)nc1-c1ccccc1. The molecule has 0 radical (unpaired) electrons. The van der Waals surface area contributed by atoms with E-state index in [0.29, 0.717) is 23.1 Å². The Labute approximate surface area is 169 Å². The minimum atomic E-state index is 0.536. The summed E-state index contributed by atoms with van der Waals surface area (Å²) in [4.78, 5) is 3.86. The first-order valence-corrected chi connectivity index (χ1v) is 9.57. The lowest BCUT2D eigenvalue weighted by atomic mass is 10.1. The van der Waals surface area contributed by atoms with E-state index in [-0.39, 0.29) is 0 Å². The summed E-state index contributed by atoms with van der Waals surface area (Å²) in [5, 5.41) is 13.9. The summed E-state index contributed by atoms with van der Waals surface area (Å²) < 4.78 is 0. The van der Waals surface area contributed by atoms with Crippen molar-refractivity contribution in [1.29, 1.82) is 0 Å². The number of nitrogens with one attached hydrogen (secondary N) is 1. The molecule has 0 unspecified atom stereocenters. The van der Waals surface area contributed by atoms with E-state index < -0.39 is 0 Å². The molecule has 0 saturated carbocycles. The Kier molecular flexibility index (Phi) is 6.85. The van der Waals surface area contributed by atoms with Crippen molar-refractivity contribution in [1.82, 2.24) is 25.2 Å². The molecule has 1 heterocycles. The summed E-state index contributed by atoms with van der Waals surface area (Å²) in [5.41, 5.74) is 3.89. The topological polar surface area (TPSA) is 46.0 Å². The number of hydrogen-bond donors (Lipinski definition) is 1. The van der Waals surface area contributed by atoms with Crippen molar-refractivity contribution in [3.63, 3.8) is 0 Å². The zero-order valence-corrected chi connectivity index (χ0v) is 17.0. The Hall–Kier alpha value is -1.92. The minimum absolute atomic E-state index is 0.536. The van der Waals surface area contributed by atoms with E-state index in [2.05, 4.69) is 36.4 Å². The Balaban J connectivity index is 1.81. The third-order valence-corrected chi connectivity index (χ3v) is 4.85. The average molecular weight is 404 g/mol. The molecule has 0 fully saturated rings. The second-order valence-corrected chi connectivity index (χ2v) is 7.43. The number of halogens is 2. The predicted octanol–water partition coefficient (Wildman–Crippen LogP) is 3.95. The molecule has 142 valence electrons. The second-order valence-electron chi connectivity index (χ2n) is 6.62. The van der Waals surface area contributed by atoms with Crippen LogP contribution in [0.1, 0.15) is 11.3 Å². The largest absolute Gasteiger partial charge is 0.310 e. The van der Waals surface area contributed by atoms with Crippen molar-refractivity contribution in [3.8, 4) is 11.3 Å². The van der Waals surface area contributed by atoms with Gasteiger partial charge in [-0.3, -0.25) is 0 Å². The van der Waals surface area contributed by atoms with Gasteiger partial charge < -0.3 is 10.2 Å². The monoisotopic (exact) mass is 403 g/mol. The van der Waals surface area contributed by atoms with E-state index in [9.17, 15) is 0 Å². The molecule has 0 spiro atoms. The van der Waals surface area contributed by atoms with Gasteiger partial charge in [0.1, 0.15) is 11.4 Å². The lowest BCUT2D eigenvalue weighted by molar-refractivity contribution is 0.399. The van der Waals surface area contributed by atoms with Gasteiger partial charge in [-0.25, -0.2) is 0 Å². The van der Waals surface area contributed by atoms with E-state index in [0.717, 1.165) is 35.6 Å². The van der Waals surface area contributed by atoms with E-state index in [1.807, 2.05) is 30.3 Å². The van der Waals surface area contributed by atoms with Gasteiger partial charge in [0.15, 0.2) is 0 Å². The van der Waals surface area contributed by atoms with E-state index in [1.54, 1.807) is 10.9 Å². The predicted molar refractivity (Wildman–Crippen MR) is 111 cm³/mol. The van der Waals surface area contributed by atoms with Gasteiger partial charge in [-0.05, 0) is 31.8 Å². The van der Waals surface area contributed by atoms with Crippen LogP contribution in [0, 0.1) is 0 Å². The second kappa shape index (κ2) is 9.33. The lowest BCUT2D eigenvalue weighted by Crippen LogP contribution is -2.26. The van der Waals surface area contributed by atoms with Crippen LogP contribution in [0.15, 0.2) is 48.5 Å². The van der Waals surface area contributed by atoms with Gasteiger partial charge in [0.25, 0.3) is 0 Å². The standard InChI is InChI=1S/C20H23Cl2N5/c1-26(2)11-10-23-13-19-20(16-6-4-3-5-7-16)25-27(24-19)14-15-8-9-17(21)18(22)12-15/h3-9,12,23H,10-11,13-14H2,1-2H3. The van der Waals surface area contributed by atoms with Crippen molar-refractivity contribution < 1.29 is 0 Å². The zero-order valence-electron chi connectivity index (χ0n) is 15.5. The molecule has 5 nitrogen and oxygen atoms in total. The molecule has 1 N–H and O–H groups in total. The highest BCUT2D eigenvalue weighted by molar-refractivity contribution is 6.42. The molecule has 7 heteroatoms. The van der Waals surface area contributed by atoms with Gasteiger partial charge in [-0.2, -0.15) is 15.0 Å². The summed E-state index contributed by atoms with van der Waals surface area (Å²) in [6.07, 6.45) is 0. The fourth-order valence-corrected chi connectivity index (χ4v) is 3.02. The Bertz CT molecular complexity index is 877. The lowest BCUT2D eigenvalue weighted by Gasteiger charge is -2.09. The molecule has 3 rings (SSSR count). The van der Waals surface area contributed by atoms with Crippen LogP contribution in [0.4, 0.5) is 0 Å². The number of rotatable bonds is 8. The van der Waals surface area contributed by atoms with Crippen LogP contribution in [-0.2, 0) is 13.1 Å². The van der Waals surface area contributed by atoms with Gasteiger partial charge in [-0.15, -0.1) is 0 Å². The first-order chi connectivity index (χ1) is 13.0. The van der Waals surface area contributed by atoms with Crippen LogP contribution < -0.4 is 5.32 Å². The third-order valence-electron chi connectivity index (χ3n) is 4.11. The molecule has 0 atom stereocenters. The molecule has 2 aromatic carbocycles. The van der Waals surface area contributed by atoms with Crippen LogP contribution in [0.2, 0.25) is 10.0 Å². The molecular formula is C20H23Cl2N5. The molecule has 0 saturated heterocycles. The first kappa shape index (κ1) is 19.8. The maximum atomic E-state index is 6.13. The van der Waals surface area contributed by atoms with Gasteiger partial charge in [0.2, 0.25) is 0 Å². The number of hydrogen-bond acceptors (Lipinski definition) is 4. The minimum Gasteiger partial charge on any atom is -0.310 e. The van der Waals surface area contributed by atoms with Gasteiger partial charge in [0, 0.05) is 25.2 Å². The Morgan fingerprint density at radius 3 is 2.48 bits per heavy atom. The number of likely N-dealkylation sites (N-methyl/N-ethyl adjacent to an activating group) is 1. The summed E-state index contributed by atoms with van der Waals surface area (Å²) >= 11 is 12.1. The Morgan fingerprint density at radius 2 is 1.78 bits per heavy atom. The first-order valence-electron chi connectivity index (χ1n) is 8.81. The van der Waals surface area contributed by atoms with Gasteiger partial charge >= 0.3 is 0 Å². The number of benzene rings is 2. The van der Waals surface area contributed by atoms with Crippen molar-refractivity contribution in [3.05, 3.63) is 69.8 Å². The smallest absolute Gasteiger partial charge is 0.117 e. The maximum Gasteiger partial charge on any atom is 0.117 e. The van der Waals surface area contributed by atoms with Crippen LogP contribution in [0.3, 0.4) is 0 Å². The van der Waals surface area contributed by atoms with Crippen molar-refractivity contribution in [2.75, 3.05) is 27.2 Å². The van der Waals surface area contributed by atoms with Crippen LogP contribution in [-0.4, -0.2) is 47.1 Å². The summed E-state index contributed by atoms with van der Waals surface area (Å²) in [6, 6.07) is 15.7. The fraction of sp³-hybridized carbons (Fsp3) is 0.300. The quantitative estimate of drug-likeness (QED) is 0.578. The van der Waals surface area contributed by atoms with Gasteiger partial charge in [-0.1, -0.05) is 59.6 Å². The maximum absolute atomic E-state index is 6.13. The number of nitrogens with zero attached hydrogens (tertiary/aromatic N) is 4. The van der Waals surface area contributed by atoms with Crippen molar-refractivity contribution in [2.45, 2.75) is 13.1 Å². The Morgan fingerprint density at radius 1 is 1.00 bits per heavy atom. The summed E-state index contributed by atoms with van der Waals surface area (Å²) in [7, 11) is 4.12. The molecule has 0 aliphatic heterocycles. The molecule has 27 heavy (non-hydrogen) atoms. The third kappa shape index (κ3) is 5.53. The molecule has 0 aliphatic carbocycles. The van der Waals surface area contributed by atoms with E-state index in [1.165, 1.54) is 0 Å². The molecule has 1 aromatic heterocycles. The molecule has 0 bridgehead atoms. The van der Waals surface area contributed by atoms with Gasteiger partial charge in [0.05, 0.1) is 16.6 Å². The molecule has 0 amide bonds. The fourth-order valence-electron chi connectivity index (χ4n) is 2.70. The summed E-state index contributed by atoms with van der Waals surface area (Å²) in [5.74, 6) is 0. The van der Waals surface area contributed by atoms with Crippen LogP contribution in [0.5, 0.6) is 0 Å². The van der Waals surface area contributed by atoms with Crippen LogP contribution >= 0.6 is 23.2 Å². The molecule has 3 aromatic rings. The number of aromatic nitrogens is 3. The van der Waals surface area contributed by atoms with Crippen molar-refractivity contribution >= 4 is 23.2 Å². The molecule has 0 aliphatic rings. The average Bonchev–Trinajstić information content (AvgIpc) is 3.05.